The fourth-order valence-electron chi connectivity index (χ4n) is 4.52. The summed E-state index contributed by atoms with van der Waals surface area (Å²) in [6.45, 7) is 5.11. The molecule has 2 atom stereocenters. The molecule has 1 aromatic carbocycles. The second kappa shape index (κ2) is 8.85. The van der Waals surface area contributed by atoms with Crippen molar-refractivity contribution in [3.05, 3.63) is 58.6 Å². The van der Waals surface area contributed by atoms with Crippen LogP contribution < -0.4 is 16.0 Å². The number of rotatable bonds is 7. The highest BCUT2D eigenvalue weighted by atomic mass is 35.5. The summed E-state index contributed by atoms with van der Waals surface area (Å²) in [5.74, 6) is -0.441. The van der Waals surface area contributed by atoms with Crippen LogP contribution in [0.15, 0.2) is 36.7 Å². The number of amidine groups is 1. The first kappa shape index (κ1) is 21.6. The number of fused-ring (bicyclic) bond motifs is 1. The number of nitrogens with one attached hydrogen (secondary N) is 2. The lowest BCUT2D eigenvalue weighted by molar-refractivity contribution is 0.515. The van der Waals surface area contributed by atoms with Crippen LogP contribution in [0.1, 0.15) is 43.7 Å². The molecule has 31 heavy (non-hydrogen) atoms. The van der Waals surface area contributed by atoms with Gasteiger partial charge >= 0.3 is 0 Å². The Morgan fingerprint density at radius 3 is 2.94 bits per heavy atom. The van der Waals surface area contributed by atoms with E-state index in [-0.39, 0.29) is 17.7 Å². The Labute approximate surface area is 186 Å². The highest BCUT2D eigenvalue weighted by molar-refractivity contribution is 6.33. The number of aromatic nitrogens is 2. The van der Waals surface area contributed by atoms with Gasteiger partial charge in [0.2, 0.25) is 0 Å². The Morgan fingerprint density at radius 2 is 2.19 bits per heavy atom. The normalized spacial score (nSPS) is 18.6. The number of aryl methyl sites for hydroxylation is 1. The van der Waals surface area contributed by atoms with Crippen molar-refractivity contribution in [2.75, 3.05) is 11.4 Å². The first-order valence-electron chi connectivity index (χ1n) is 10.7. The number of nitrogens with two attached hydrogens (primary N) is 1. The van der Waals surface area contributed by atoms with Crippen molar-refractivity contribution in [1.29, 1.82) is 5.41 Å². The van der Waals surface area contributed by atoms with Crippen molar-refractivity contribution in [1.82, 2.24) is 14.9 Å². The van der Waals surface area contributed by atoms with Gasteiger partial charge in [0.1, 0.15) is 11.7 Å². The largest absolute Gasteiger partial charge is 0.384 e. The van der Waals surface area contributed by atoms with Crippen molar-refractivity contribution < 1.29 is 4.39 Å². The SMILES string of the molecule is CCCN[C@H]1CC[C@@H](N(c2cc(F)ccc2Cl)c2c(C(=N)N)cnn3cc(C)cc23)C1. The quantitative estimate of drug-likeness (QED) is 0.363. The molecule has 0 aliphatic heterocycles. The summed E-state index contributed by atoms with van der Waals surface area (Å²) in [7, 11) is 0. The number of benzene rings is 1. The van der Waals surface area contributed by atoms with Crippen LogP contribution in [-0.4, -0.2) is 34.1 Å². The molecule has 0 spiro atoms. The van der Waals surface area contributed by atoms with E-state index in [0.29, 0.717) is 22.3 Å². The zero-order valence-electron chi connectivity index (χ0n) is 17.8. The maximum absolute atomic E-state index is 14.3. The maximum atomic E-state index is 14.3. The molecule has 0 amide bonds. The molecule has 4 N–H and O–H groups in total. The average Bonchev–Trinajstić information content (AvgIpc) is 3.35. The summed E-state index contributed by atoms with van der Waals surface area (Å²) in [5, 5.41) is 16.7. The van der Waals surface area contributed by atoms with Gasteiger partial charge in [0.25, 0.3) is 0 Å². The lowest BCUT2D eigenvalue weighted by Gasteiger charge is -2.34. The monoisotopic (exact) mass is 442 g/mol. The second-order valence-electron chi connectivity index (χ2n) is 8.25. The topological polar surface area (TPSA) is 82.4 Å². The molecular formula is C23H28ClFN6. The molecule has 0 saturated heterocycles. The summed E-state index contributed by atoms with van der Waals surface area (Å²) in [6.07, 6.45) is 7.42. The van der Waals surface area contributed by atoms with Crippen molar-refractivity contribution in [3.63, 3.8) is 0 Å². The summed E-state index contributed by atoms with van der Waals surface area (Å²) >= 11 is 6.60. The van der Waals surface area contributed by atoms with Crippen LogP contribution in [0.2, 0.25) is 5.02 Å². The fraction of sp³-hybridized carbons (Fsp3) is 0.391. The molecule has 2 aromatic heterocycles. The van der Waals surface area contributed by atoms with E-state index in [1.165, 1.54) is 12.1 Å². The number of hydrogen-bond acceptors (Lipinski definition) is 4. The standard InChI is InChI=1S/C23H28ClFN6/c1-3-8-28-16-5-6-17(11-16)31(20-10-15(25)4-7-19(20)24)22-18(23(26)27)12-29-30-13-14(2)9-21(22)30/h4,7,9-10,12-13,16-17,28H,3,5-6,8,11H2,1-2H3,(H3,26,27)/t16-,17+/m0/s1. The van der Waals surface area contributed by atoms with Gasteiger partial charge in [0, 0.05) is 18.3 Å². The number of nitrogen functional groups attached to an aromatic ring is 1. The second-order valence-corrected chi connectivity index (χ2v) is 8.66. The van der Waals surface area contributed by atoms with Crippen molar-refractivity contribution in [2.24, 2.45) is 5.73 Å². The zero-order valence-corrected chi connectivity index (χ0v) is 18.6. The summed E-state index contributed by atoms with van der Waals surface area (Å²) < 4.78 is 16.1. The average molecular weight is 443 g/mol. The highest BCUT2D eigenvalue weighted by Crippen LogP contribution is 2.42. The lowest BCUT2D eigenvalue weighted by Crippen LogP contribution is -2.34. The molecule has 6 nitrogen and oxygen atoms in total. The van der Waals surface area contributed by atoms with Crippen molar-refractivity contribution in [3.8, 4) is 0 Å². The van der Waals surface area contributed by atoms with E-state index in [2.05, 4.69) is 22.2 Å². The van der Waals surface area contributed by atoms with Gasteiger partial charge in [0.05, 0.1) is 33.7 Å². The minimum absolute atomic E-state index is 0.0770. The molecule has 2 heterocycles. The molecule has 1 saturated carbocycles. The third-order valence-electron chi connectivity index (χ3n) is 5.90. The van der Waals surface area contributed by atoms with E-state index in [1.54, 1.807) is 16.8 Å². The van der Waals surface area contributed by atoms with Crippen LogP contribution in [0.5, 0.6) is 0 Å². The summed E-state index contributed by atoms with van der Waals surface area (Å²) in [4.78, 5) is 2.08. The Kier molecular flexibility index (Phi) is 6.16. The summed E-state index contributed by atoms with van der Waals surface area (Å²) in [6, 6.07) is 6.87. The summed E-state index contributed by atoms with van der Waals surface area (Å²) in [5.41, 5.74) is 9.66. The molecule has 1 fully saturated rings. The molecule has 3 aromatic rings. The molecule has 1 aliphatic rings. The van der Waals surface area contributed by atoms with Crippen molar-refractivity contribution >= 4 is 34.3 Å². The van der Waals surface area contributed by atoms with Gasteiger partial charge in [0.15, 0.2) is 0 Å². The highest BCUT2D eigenvalue weighted by Gasteiger charge is 2.34. The first-order valence-corrected chi connectivity index (χ1v) is 11.1. The smallest absolute Gasteiger partial charge is 0.126 e. The lowest BCUT2D eigenvalue weighted by atomic mass is 10.1. The molecule has 0 bridgehead atoms. The van der Waals surface area contributed by atoms with Gasteiger partial charge in [-0.25, -0.2) is 8.91 Å². The number of nitrogens with zero attached hydrogens (tertiary/aromatic N) is 3. The van der Waals surface area contributed by atoms with Crippen LogP contribution in [0.25, 0.3) is 5.52 Å². The molecular weight excluding hydrogens is 415 g/mol. The minimum atomic E-state index is -0.357. The predicted octanol–water partition coefficient (Wildman–Crippen LogP) is 4.78. The van der Waals surface area contributed by atoms with Crippen LogP contribution in [0, 0.1) is 18.2 Å². The maximum Gasteiger partial charge on any atom is 0.126 e. The van der Waals surface area contributed by atoms with Gasteiger partial charge in [-0.2, -0.15) is 5.10 Å². The van der Waals surface area contributed by atoms with Crippen LogP contribution >= 0.6 is 11.6 Å². The molecule has 0 unspecified atom stereocenters. The Bertz CT molecular complexity index is 1110. The van der Waals surface area contributed by atoms with Gasteiger partial charge in [-0.15, -0.1) is 0 Å². The van der Waals surface area contributed by atoms with E-state index < -0.39 is 0 Å². The fourth-order valence-corrected chi connectivity index (χ4v) is 4.73. The Balaban J connectivity index is 1.91. The zero-order chi connectivity index (χ0) is 22.1. The van der Waals surface area contributed by atoms with Crippen LogP contribution in [0.3, 0.4) is 0 Å². The number of anilines is 2. The van der Waals surface area contributed by atoms with Crippen LogP contribution in [0.4, 0.5) is 15.8 Å². The predicted molar refractivity (Wildman–Crippen MR) is 124 cm³/mol. The molecule has 164 valence electrons. The Hall–Kier alpha value is -2.64. The minimum Gasteiger partial charge on any atom is -0.384 e. The first-order chi connectivity index (χ1) is 14.9. The number of hydrogen-bond donors (Lipinski definition) is 3. The molecule has 4 rings (SSSR count). The van der Waals surface area contributed by atoms with E-state index >= 15 is 0 Å². The number of halogens is 2. The third-order valence-corrected chi connectivity index (χ3v) is 6.22. The van der Waals surface area contributed by atoms with E-state index in [9.17, 15) is 4.39 Å². The van der Waals surface area contributed by atoms with Gasteiger partial charge in [-0.1, -0.05) is 18.5 Å². The van der Waals surface area contributed by atoms with E-state index in [4.69, 9.17) is 22.7 Å². The van der Waals surface area contributed by atoms with Gasteiger partial charge in [-0.05, 0) is 69.0 Å². The van der Waals surface area contributed by atoms with Gasteiger partial charge < -0.3 is 16.0 Å². The van der Waals surface area contributed by atoms with Gasteiger partial charge in [-0.3, -0.25) is 5.41 Å². The molecule has 8 heteroatoms. The van der Waals surface area contributed by atoms with Crippen molar-refractivity contribution in [2.45, 2.75) is 51.6 Å². The van der Waals surface area contributed by atoms with E-state index in [1.807, 2.05) is 19.2 Å². The molecule has 0 radical (unpaired) electrons. The van der Waals surface area contributed by atoms with E-state index in [0.717, 1.165) is 49.0 Å². The Morgan fingerprint density at radius 1 is 1.39 bits per heavy atom. The third kappa shape index (κ3) is 4.25. The molecule has 1 aliphatic carbocycles. The van der Waals surface area contributed by atoms with Crippen LogP contribution in [-0.2, 0) is 0 Å².